The zero-order valence-corrected chi connectivity index (χ0v) is 18.1. The van der Waals surface area contributed by atoms with Crippen molar-refractivity contribution in [1.29, 1.82) is 0 Å². The molecule has 0 radical (unpaired) electrons. The second kappa shape index (κ2) is 8.53. The van der Waals surface area contributed by atoms with Crippen LogP contribution in [0.2, 0.25) is 0 Å². The number of nitrogen functional groups attached to an aromatic ring is 1. The lowest BCUT2D eigenvalue weighted by molar-refractivity contribution is -0.274. The monoisotopic (exact) mass is 486 g/mol. The summed E-state index contributed by atoms with van der Waals surface area (Å²) in [5, 5.41) is 4.03. The van der Waals surface area contributed by atoms with Gasteiger partial charge in [-0.05, 0) is 54.8 Å². The van der Waals surface area contributed by atoms with Gasteiger partial charge in [0, 0.05) is 36.6 Å². The molecule has 8 nitrogen and oxygen atoms in total. The number of hydrogen-bond acceptors (Lipinski definition) is 6. The van der Waals surface area contributed by atoms with E-state index in [1.165, 1.54) is 9.42 Å². The van der Waals surface area contributed by atoms with E-state index in [-0.39, 0.29) is 24.0 Å². The summed E-state index contributed by atoms with van der Waals surface area (Å²) in [5.74, 6) is -1.54. The van der Waals surface area contributed by atoms with Crippen molar-refractivity contribution >= 4 is 17.5 Å². The number of pyridine rings is 2. The Bertz CT molecular complexity index is 1440. The highest BCUT2D eigenvalue weighted by atomic mass is 19.4. The normalized spacial score (nSPS) is 14.2. The minimum atomic E-state index is -4.91. The van der Waals surface area contributed by atoms with Crippen molar-refractivity contribution in [2.24, 2.45) is 0 Å². The molecule has 0 spiro atoms. The Morgan fingerprint density at radius 3 is 2.74 bits per heavy atom. The molecule has 0 unspecified atom stereocenters. The average Bonchev–Trinajstić information content (AvgIpc) is 3.10. The summed E-state index contributed by atoms with van der Waals surface area (Å²) < 4.78 is 57.5. The molecule has 1 aromatic carbocycles. The lowest BCUT2D eigenvalue weighted by Gasteiger charge is -2.22. The molecule has 5 rings (SSSR count). The van der Waals surface area contributed by atoms with Gasteiger partial charge in [-0.2, -0.15) is 4.98 Å². The molecular weight excluding hydrogens is 468 g/mol. The van der Waals surface area contributed by atoms with Gasteiger partial charge in [0.2, 0.25) is 5.95 Å². The summed E-state index contributed by atoms with van der Waals surface area (Å²) in [6, 6.07) is 7.98. The van der Waals surface area contributed by atoms with E-state index in [9.17, 15) is 22.4 Å². The molecule has 0 bridgehead atoms. The number of halogens is 4. The molecule has 180 valence electrons. The lowest BCUT2D eigenvalue weighted by atomic mass is 10.0. The second-order valence-electron chi connectivity index (χ2n) is 8.04. The van der Waals surface area contributed by atoms with Gasteiger partial charge < -0.3 is 15.4 Å². The Morgan fingerprint density at radius 1 is 1.11 bits per heavy atom. The highest BCUT2D eigenvalue weighted by molar-refractivity contribution is 5.96. The summed E-state index contributed by atoms with van der Waals surface area (Å²) in [7, 11) is 0. The number of rotatable bonds is 4. The number of benzene rings is 1. The highest BCUT2D eigenvalue weighted by Gasteiger charge is 2.31. The smallest absolute Gasteiger partial charge is 0.406 e. The number of carbonyl (C=O) groups is 1. The summed E-state index contributed by atoms with van der Waals surface area (Å²) >= 11 is 0. The number of ether oxygens (including phenoxy) is 1. The number of nitrogens with two attached hydrogens (primary N) is 1. The maximum atomic E-state index is 14.4. The van der Waals surface area contributed by atoms with E-state index in [1.54, 1.807) is 30.6 Å². The van der Waals surface area contributed by atoms with Crippen LogP contribution in [0.1, 0.15) is 28.0 Å². The molecule has 0 atom stereocenters. The summed E-state index contributed by atoms with van der Waals surface area (Å²) in [5.41, 5.74) is 8.44. The van der Waals surface area contributed by atoms with Gasteiger partial charge in [0.05, 0.1) is 11.3 Å². The van der Waals surface area contributed by atoms with Crippen LogP contribution in [0.3, 0.4) is 0 Å². The molecule has 1 amide bonds. The molecule has 35 heavy (non-hydrogen) atoms. The molecular formula is C23H18F4N6O2. The lowest BCUT2D eigenvalue weighted by Crippen LogP contribution is -2.31. The molecule has 1 aliphatic heterocycles. The first kappa shape index (κ1) is 22.6. The van der Waals surface area contributed by atoms with Crippen LogP contribution in [0.5, 0.6) is 5.75 Å². The van der Waals surface area contributed by atoms with Gasteiger partial charge in [-0.25, -0.2) is 8.91 Å². The Kier molecular flexibility index (Phi) is 5.50. The van der Waals surface area contributed by atoms with E-state index in [0.29, 0.717) is 41.9 Å². The van der Waals surface area contributed by atoms with Crippen molar-refractivity contribution in [1.82, 2.24) is 24.5 Å². The fourth-order valence-electron chi connectivity index (χ4n) is 4.05. The van der Waals surface area contributed by atoms with Gasteiger partial charge in [-0.15, -0.1) is 18.3 Å². The van der Waals surface area contributed by atoms with E-state index < -0.39 is 17.9 Å². The van der Waals surface area contributed by atoms with Gasteiger partial charge in [-0.3, -0.25) is 9.78 Å². The van der Waals surface area contributed by atoms with Gasteiger partial charge in [0.25, 0.3) is 5.91 Å². The molecule has 3 aromatic heterocycles. The largest absolute Gasteiger partial charge is 0.573 e. The van der Waals surface area contributed by atoms with Crippen molar-refractivity contribution in [3.63, 3.8) is 0 Å². The summed E-state index contributed by atoms with van der Waals surface area (Å²) in [6.45, 7) is 0.0771. The average molecular weight is 486 g/mol. The maximum Gasteiger partial charge on any atom is 0.573 e. The third-order valence-electron chi connectivity index (χ3n) is 5.63. The minimum absolute atomic E-state index is 0.0810. The third-order valence-corrected chi connectivity index (χ3v) is 5.63. The predicted octanol–water partition coefficient (Wildman–Crippen LogP) is 4.00. The fourth-order valence-corrected chi connectivity index (χ4v) is 4.05. The first-order valence-corrected chi connectivity index (χ1v) is 10.6. The number of carbonyl (C=O) groups excluding carboxylic acids is 1. The predicted molar refractivity (Wildman–Crippen MR) is 117 cm³/mol. The van der Waals surface area contributed by atoms with E-state index in [1.807, 2.05) is 0 Å². The van der Waals surface area contributed by atoms with Crippen LogP contribution in [0, 0.1) is 5.82 Å². The van der Waals surface area contributed by atoms with E-state index in [4.69, 9.17) is 5.73 Å². The fraction of sp³-hybridized carbons (Fsp3) is 0.217. The molecule has 4 heterocycles. The van der Waals surface area contributed by atoms with Crippen LogP contribution >= 0.6 is 0 Å². The maximum absolute atomic E-state index is 14.4. The molecule has 0 saturated heterocycles. The number of aromatic nitrogens is 4. The Morgan fingerprint density at radius 2 is 1.94 bits per heavy atom. The number of fused-ring (bicyclic) bond motifs is 2. The van der Waals surface area contributed by atoms with Crippen LogP contribution in [0.25, 0.3) is 16.8 Å². The number of nitrogens with zero attached hydrogens (tertiary/aromatic N) is 5. The van der Waals surface area contributed by atoms with E-state index in [0.717, 1.165) is 23.8 Å². The SMILES string of the molecule is Nc1nc2cc(-c3cnc4c(c3)C(=O)N(Cc3cc(OC(F)(F)F)ccc3F)CCC4)ccn2n1. The second-order valence-corrected chi connectivity index (χ2v) is 8.04. The molecule has 0 saturated carbocycles. The Labute approximate surface area is 196 Å². The summed E-state index contributed by atoms with van der Waals surface area (Å²) in [4.78, 5) is 23.4. The number of hydrogen-bond donors (Lipinski definition) is 1. The van der Waals surface area contributed by atoms with E-state index in [2.05, 4.69) is 19.8 Å². The van der Waals surface area contributed by atoms with Crippen molar-refractivity contribution in [2.75, 3.05) is 12.3 Å². The number of aryl methyl sites for hydroxylation is 1. The Hall–Kier alpha value is -4.22. The van der Waals surface area contributed by atoms with Crippen molar-refractivity contribution < 1.29 is 27.1 Å². The van der Waals surface area contributed by atoms with Gasteiger partial charge in [-0.1, -0.05) is 0 Å². The quantitative estimate of drug-likeness (QED) is 0.438. The van der Waals surface area contributed by atoms with Crippen molar-refractivity contribution in [3.8, 4) is 16.9 Å². The zero-order chi connectivity index (χ0) is 24.7. The third kappa shape index (κ3) is 4.72. The number of anilines is 1. The summed E-state index contributed by atoms with van der Waals surface area (Å²) in [6.07, 6.45) is -0.471. The number of amides is 1. The molecule has 0 aliphatic carbocycles. The highest BCUT2D eigenvalue weighted by Crippen LogP contribution is 2.28. The topological polar surface area (TPSA) is 98.6 Å². The van der Waals surface area contributed by atoms with Crippen LogP contribution < -0.4 is 10.5 Å². The van der Waals surface area contributed by atoms with Crippen LogP contribution in [-0.2, 0) is 13.0 Å². The molecule has 12 heteroatoms. The van der Waals surface area contributed by atoms with Gasteiger partial charge >= 0.3 is 6.36 Å². The van der Waals surface area contributed by atoms with Crippen LogP contribution in [0.15, 0.2) is 48.8 Å². The first-order chi connectivity index (χ1) is 16.7. The molecule has 0 fully saturated rings. The molecule has 1 aliphatic rings. The zero-order valence-electron chi connectivity index (χ0n) is 18.1. The number of alkyl halides is 3. The molecule has 4 aromatic rings. The minimum Gasteiger partial charge on any atom is -0.406 e. The van der Waals surface area contributed by atoms with Gasteiger partial charge in [0.15, 0.2) is 5.65 Å². The van der Waals surface area contributed by atoms with Crippen LogP contribution in [0.4, 0.5) is 23.5 Å². The van der Waals surface area contributed by atoms with Gasteiger partial charge in [0.1, 0.15) is 11.6 Å². The van der Waals surface area contributed by atoms with Crippen LogP contribution in [-0.4, -0.2) is 43.3 Å². The van der Waals surface area contributed by atoms with Crippen molar-refractivity contribution in [3.05, 3.63) is 71.4 Å². The van der Waals surface area contributed by atoms with Crippen molar-refractivity contribution in [2.45, 2.75) is 25.7 Å². The molecule has 2 N–H and O–H groups in total. The van der Waals surface area contributed by atoms with E-state index >= 15 is 0 Å². The Balaban J connectivity index is 1.44. The first-order valence-electron chi connectivity index (χ1n) is 10.6. The standard InChI is InChI=1S/C23H18F4N6O2/c24-18-4-3-16(35-23(25,26)27)8-15(18)12-32-6-1-2-19-17(21(32)34)9-14(11-29-19)13-5-7-33-20(10-13)30-22(28)31-33/h3-5,7-11H,1-2,6,12H2,(H2,28,31).